The van der Waals surface area contributed by atoms with Crippen LogP contribution in [0, 0.1) is 5.92 Å². The molecule has 1 aromatic rings. The molecule has 9 N–H and O–H groups in total. The Morgan fingerprint density at radius 2 is 1.75 bits per heavy atom. The van der Waals surface area contributed by atoms with E-state index in [1.807, 2.05) is 13.8 Å². The van der Waals surface area contributed by atoms with Crippen LogP contribution < -0.4 is 27.4 Å². The highest BCUT2D eigenvalue weighted by Gasteiger charge is 2.29. The van der Waals surface area contributed by atoms with Gasteiger partial charge in [0.25, 0.3) is 0 Å². The maximum Gasteiger partial charge on any atom is 0.322 e. The first-order valence-electron chi connectivity index (χ1n) is 10.1. The highest BCUT2D eigenvalue weighted by Crippen LogP contribution is 2.07. The molecule has 0 bridgehead atoms. The summed E-state index contributed by atoms with van der Waals surface area (Å²) in [5.74, 6) is -3.79. The first kappa shape index (κ1) is 26.6. The van der Waals surface area contributed by atoms with Crippen LogP contribution in [0.2, 0.25) is 0 Å². The SMILES string of the molecule is CC(C)CC(NC(=O)C(Cc1cnc[nH]1)NC(=O)C(N)CCC(N)=O)C(=O)NCC(=O)O. The minimum atomic E-state index is -1.22. The Morgan fingerprint density at radius 3 is 2.28 bits per heavy atom. The predicted octanol–water partition coefficient (Wildman–Crippen LogP) is -2.24. The lowest BCUT2D eigenvalue weighted by Gasteiger charge is -2.24. The monoisotopic (exact) mass is 453 g/mol. The quantitative estimate of drug-likeness (QED) is 0.163. The van der Waals surface area contributed by atoms with Crippen LogP contribution >= 0.6 is 0 Å². The third-order valence-corrected chi connectivity index (χ3v) is 4.40. The van der Waals surface area contributed by atoms with E-state index in [0.717, 1.165) is 0 Å². The van der Waals surface area contributed by atoms with Crippen LogP contribution in [0.15, 0.2) is 12.5 Å². The summed E-state index contributed by atoms with van der Waals surface area (Å²) in [6, 6.07) is -3.18. The number of aliphatic carboxylic acids is 1. The van der Waals surface area contributed by atoms with E-state index in [1.54, 1.807) is 0 Å². The molecule has 0 saturated heterocycles. The van der Waals surface area contributed by atoms with Crippen LogP contribution in [0.3, 0.4) is 0 Å². The van der Waals surface area contributed by atoms with Gasteiger partial charge < -0.3 is 37.5 Å². The normalized spacial score (nSPS) is 13.6. The number of nitrogens with one attached hydrogen (secondary N) is 4. The second kappa shape index (κ2) is 13.0. The summed E-state index contributed by atoms with van der Waals surface area (Å²) in [5.41, 5.74) is 11.4. The molecular formula is C19H31N7O6. The van der Waals surface area contributed by atoms with Gasteiger partial charge in [-0.1, -0.05) is 13.8 Å². The van der Waals surface area contributed by atoms with Gasteiger partial charge >= 0.3 is 5.97 Å². The van der Waals surface area contributed by atoms with Gasteiger partial charge in [-0.15, -0.1) is 0 Å². The molecule has 1 heterocycles. The Labute approximate surface area is 185 Å². The van der Waals surface area contributed by atoms with Gasteiger partial charge in [0.2, 0.25) is 23.6 Å². The maximum atomic E-state index is 13.0. The van der Waals surface area contributed by atoms with E-state index in [4.69, 9.17) is 16.6 Å². The van der Waals surface area contributed by atoms with Gasteiger partial charge in [-0.25, -0.2) is 4.98 Å². The zero-order valence-electron chi connectivity index (χ0n) is 18.1. The number of aromatic nitrogens is 2. The number of H-pyrrole nitrogens is 1. The Balaban J connectivity index is 2.93. The number of amides is 4. The third-order valence-electron chi connectivity index (χ3n) is 4.40. The minimum Gasteiger partial charge on any atom is -0.480 e. The summed E-state index contributed by atoms with van der Waals surface area (Å²) in [4.78, 5) is 66.1. The molecule has 13 nitrogen and oxygen atoms in total. The van der Waals surface area contributed by atoms with Gasteiger partial charge in [0.1, 0.15) is 18.6 Å². The molecule has 0 aliphatic heterocycles. The summed E-state index contributed by atoms with van der Waals surface area (Å²) in [6.45, 7) is 3.09. The molecule has 0 radical (unpaired) electrons. The fourth-order valence-electron chi connectivity index (χ4n) is 2.79. The van der Waals surface area contributed by atoms with E-state index < -0.39 is 54.3 Å². The van der Waals surface area contributed by atoms with E-state index >= 15 is 0 Å². The molecule has 1 rings (SSSR count). The number of carboxylic acid groups (broad SMARTS) is 1. The first-order chi connectivity index (χ1) is 15.0. The van der Waals surface area contributed by atoms with Gasteiger partial charge in [0.15, 0.2) is 0 Å². The molecule has 0 aliphatic carbocycles. The highest BCUT2D eigenvalue weighted by atomic mass is 16.4. The smallest absolute Gasteiger partial charge is 0.322 e. The van der Waals surface area contributed by atoms with Crippen molar-refractivity contribution in [1.29, 1.82) is 0 Å². The van der Waals surface area contributed by atoms with Gasteiger partial charge in [0, 0.05) is 24.7 Å². The van der Waals surface area contributed by atoms with Crippen molar-refractivity contribution in [2.24, 2.45) is 17.4 Å². The summed E-state index contributed by atoms with van der Waals surface area (Å²) >= 11 is 0. The summed E-state index contributed by atoms with van der Waals surface area (Å²) in [6.07, 6.45) is 3.08. The number of imidazole rings is 1. The van der Waals surface area contributed by atoms with Crippen molar-refractivity contribution in [2.45, 2.75) is 57.7 Å². The summed E-state index contributed by atoms with van der Waals surface area (Å²) in [7, 11) is 0. The molecule has 13 heteroatoms. The van der Waals surface area contributed by atoms with Gasteiger partial charge in [0.05, 0.1) is 12.4 Å². The van der Waals surface area contributed by atoms with E-state index in [0.29, 0.717) is 5.69 Å². The van der Waals surface area contributed by atoms with E-state index in [2.05, 4.69) is 25.9 Å². The standard InChI is InChI=1S/C19H31N7O6/c1-10(2)5-13(18(31)23-8-16(28)29)26-19(32)14(6-11-7-22-9-24-11)25-17(30)12(20)3-4-15(21)27/h7,9-10,12-14H,3-6,8,20H2,1-2H3,(H2,21,27)(H,22,24)(H,23,31)(H,25,30)(H,26,32)(H,28,29). The molecule has 178 valence electrons. The van der Waals surface area contributed by atoms with Crippen molar-refractivity contribution in [1.82, 2.24) is 25.9 Å². The lowest BCUT2D eigenvalue weighted by molar-refractivity contribution is -0.138. The summed E-state index contributed by atoms with van der Waals surface area (Å²) in [5, 5.41) is 16.1. The number of aromatic amines is 1. The van der Waals surface area contributed by atoms with Crippen molar-refractivity contribution >= 4 is 29.6 Å². The first-order valence-corrected chi connectivity index (χ1v) is 10.1. The number of carbonyl (C=O) groups excluding carboxylic acids is 4. The van der Waals surface area contributed by atoms with Gasteiger partial charge in [-0.3, -0.25) is 24.0 Å². The average molecular weight is 454 g/mol. The van der Waals surface area contributed by atoms with Crippen molar-refractivity contribution in [3.63, 3.8) is 0 Å². The summed E-state index contributed by atoms with van der Waals surface area (Å²) < 4.78 is 0. The van der Waals surface area contributed by atoms with Crippen LogP contribution in [0.25, 0.3) is 0 Å². The number of primary amides is 1. The lowest BCUT2D eigenvalue weighted by atomic mass is 10.0. The zero-order valence-corrected chi connectivity index (χ0v) is 18.1. The minimum absolute atomic E-state index is 0.00708. The van der Waals surface area contributed by atoms with E-state index in [1.165, 1.54) is 12.5 Å². The Bertz CT molecular complexity index is 796. The van der Waals surface area contributed by atoms with Crippen LogP contribution in [-0.2, 0) is 30.4 Å². The molecule has 0 aliphatic rings. The number of carbonyl (C=O) groups is 5. The molecule has 0 aromatic carbocycles. The van der Waals surface area contributed by atoms with Crippen molar-refractivity contribution in [2.75, 3.05) is 6.54 Å². The third kappa shape index (κ3) is 10.0. The van der Waals surface area contributed by atoms with Crippen LogP contribution in [0.1, 0.15) is 38.8 Å². The maximum absolute atomic E-state index is 13.0. The van der Waals surface area contributed by atoms with Gasteiger partial charge in [-0.05, 0) is 18.8 Å². The molecular weight excluding hydrogens is 422 g/mol. The molecule has 4 amide bonds. The molecule has 0 fully saturated rings. The fraction of sp³-hybridized carbons (Fsp3) is 0.579. The average Bonchev–Trinajstić information content (AvgIpc) is 3.21. The highest BCUT2D eigenvalue weighted by molar-refractivity contribution is 5.93. The van der Waals surface area contributed by atoms with Crippen LogP contribution in [-0.4, -0.2) is 69.3 Å². The Hall–Kier alpha value is -3.48. The predicted molar refractivity (Wildman–Crippen MR) is 113 cm³/mol. The number of carboxylic acids is 1. The number of rotatable bonds is 14. The number of hydrogen-bond donors (Lipinski definition) is 7. The van der Waals surface area contributed by atoms with Crippen LogP contribution in [0.4, 0.5) is 0 Å². The second-order valence-corrected chi connectivity index (χ2v) is 7.76. The van der Waals surface area contributed by atoms with E-state index in [9.17, 15) is 24.0 Å². The molecule has 1 aromatic heterocycles. The molecule has 32 heavy (non-hydrogen) atoms. The Morgan fingerprint density at radius 1 is 1.09 bits per heavy atom. The molecule has 3 unspecified atom stereocenters. The number of nitrogens with two attached hydrogens (primary N) is 2. The Kier molecular flexibility index (Phi) is 10.8. The second-order valence-electron chi connectivity index (χ2n) is 7.76. The van der Waals surface area contributed by atoms with Crippen molar-refractivity contribution in [3.05, 3.63) is 18.2 Å². The molecule has 0 spiro atoms. The molecule has 3 atom stereocenters. The van der Waals surface area contributed by atoms with E-state index in [-0.39, 0.29) is 31.6 Å². The molecule has 0 saturated carbocycles. The largest absolute Gasteiger partial charge is 0.480 e. The number of nitrogens with zero attached hydrogens (tertiary/aromatic N) is 1. The topological polar surface area (TPSA) is 222 Å². The zero-order chi connectivity index (χ0) is 24.3. The van der Waals surface area contributed by atoms with Crippen LogP contribution in [0.5, 0.6) is 0 Å². The van der Waals surface area contributed by atoms with Crippen molar-refractivity contribution in [3.8, 4) is 0 Å². The van der Waals surface area contributed by atoms with Crippen molar-refractivity contribution < 1.29 is 29.1 Å². The van der Waals surface area contributed by atoms with Gasteiger partial charge in [-0.2, -0.15) is 0 Å². The number of hydrogen-bond acceptors (Lipinski definition) is 7. The fourth-order valence-corrected chi connectivity index (χ4v) is 2.79. The lowest BCUT2D eigenvalue weighted by Crippen LogP contribution is -2.57.